The Labute approximate surface area is 176 Å². The van der Waals surface area contributed by atoms with E-state index in [0.29, 0.717) is 12.1 Å². The molecule has 2 N–H and O–H groups in total. The van der Waals surface area contributed by atoms with Crippen molar-refractivity contribution in [2.24, 2.45) is 0 Å². The molecule has 29 heavy (non-hydrogen) atoms. The van der Waals surface area contributed by atoms with Gasteiger partial charge in [-0.2, -0.15) is 5.26 Å². The van der Waals surface area contributed by atoms with Crippen LogP contribution < -0.4 is 15.1 Å². The number of carbonyl (C=O) groups excluding carboxylic acids is 1. The third-order valence-corrected chi connectivity index (χ3v) is 7.33. The van der Waals surface area contributed by atoms with E-state index in [1.807, 2.05) is 0 Å². The second-order valence-electron chi connectivity index (χ2n) is 8.28. The Morgan fingerprint density at radius 3 is 2.76 bits per heavy atom. The average molecular weight is 410 g/mol. The van der Waals surface area contributed by atoms with Crippen molar-refractivity contribution >= 4 is 27.9 Å². The van der Waals surface area contributed by atoms with Crippen molar-refractivity contribution < 1.29 is 9.69 Å². The lowest BCUT2D eigenvalue weighted by Gasteiger charge is -2.34. The second kappa shape index (κ2) is 8.56. The summed E-state index contributed by atoms with van der Waals surface area (Å²) >= 11 is 1.61. The number of anilines is 2. The Kier molecular flexibility index (Phi) is 5.89. The van der Waals surface area contributed by atoms with Crippen LogP contribution in [0.1, 0.15) is 40.0 Å². The van der Waals surface area contributed by atoms with Crippen LogP contribution in [0.4, 0.5) is 10.7 Å². The molecule has 2 heterocycles. The highest BCUT2D eigenvalue weighted by Gasteiger charge is 2.25. The minimum absolute atomic E-state index is 0.0234. The predicted molar refractivity (Wildman–Crippen MR) is 118 cm³/mol. The molecular formula is C23H29N4OS+. The van der Waals surface area contributed by atoms with Gasteiger partial charge in [-0.15, -0.1) is 11.3 Å². The van der Waals surface area contributed by atoms with Crippen LogP contribution in [0.25, 0.3) is 0 Å². The number of piperazine rings is 1. The second-order valence-corrected chi connectivity index (χ2v) is 9.38. The largest absolute Gasteiger partial charge is 0.360 e. The molecule has 1 aromatic carbocycles. The predicted octanol–water partition coefficient (Wildman–Crippen LogP) is 2.46. The fraction of sp³-hybridized carbons (Fsp3) is 0.478. The van der Waals surface area contributed by atoms with E-state index < -0.39 is 0 Å². The van der Waals surface area contributed by atoms with E-state index in [1.165, 1.54) is 38.6 Å². The van der Waals surface area contributed by atoms with Crippen LogP contribution in [0, 0.1) is 25.2 Å². The lowest BCUT2D eigenvalue weighted by atomic mass is 9.96. The molecule has 0 spiro atoms. The molecule has 2 aliphatic rings. The Bertz CT molecular complexity index is 951. The Balaban J connectivity index is 1.34. The van der Waals surface area contributed by atoms with Crippen LogP contribution in [0.5, 0.6) is 0 Å². The summed E-state index contributed by atoms with van der Waals surface area (Å²) in [5, 5.41) is 13.4. The lowest BCUT2D eigenvalue weighted by molar-refractivity contribution is -0.892. The topological polar surface area (TPSA) is 60.6 Å². The normalized spacial score (nSPS) is 16.9. The number of rotatable bonds is 4. The van der Waals surface area contributed by atoms with Gasteiger partial charge in [0.25, 0.3) is 5.91 Å². The highest BCUT2D eigenvalue weighted by atomic mass is 32.1. The number of carbonyl (C=O) groups is 1. The molecule has 6 heteroatoms. The van der Waals surface area contributed by atoms with Crippen molar-refractivity contribution in [3.05, 3.63) is 45.3 Å². The summed E-state index contributed by atoms with van der Waals surface area (Å²) in [6.07, 6.45) is 4.33. The lowest BCUT2D eigenvalue weighted by Crippen LogP contribution is -3.15. The van der Waals surface area contributed by atoms with Gasteiger partial charge in [0.15, 0.2) is 6.54 Å². The third kappa shape index (κ3) is 4.31. The molecule has 1 aliphatic carbocycles. The molecule has 1 aromatic heterocycles. The van der Waals surface area contributed by atoms with Gasteiger partial charge in [0.05, 0.1) is 31.7 Å². The van der Waals surface area contributed by atoms with Gasteiger partial charge < -0.3 is 15.1 Å². The maximum Gasteiger partial charge on any atom is 0.280 e. The van der Waals surface area contributed by atoms with Gasteiger partial charge in [0.2, 0.25) is 0 Å². The molecule has 0 atom stereocenters. The molecule has 1 aliphatic heterocycles. The fourth-order valence-electron chi connectivity index (χ4n) is 4.47. The number of thiophene rings is 1. The van der Waals surface area contributed by atoms with Crippen LogP contribution in [0.3, 0.4) is 0 Å². The minimum atomic E-state index is 0.0234. The summed E-state index contributed by atoms with van der Waals surface area (Å²) in [5.41, 5.74) is 5.78. The molecule has 1 fully saturated rings. The number of nitrogens with one attached hydrogen (secondary N) is 2. The zero-order valence-corrected chi connectivity index (χ0v) is 18.1. The number of nitrogens with zero attached hydrogens (tertiary/aromatic N) is 2. The van der Waals surface area contributed by atoms with E-state index in [-0.39, 0.29) is 5.91 Å². The van der Waals surface area contributed by atoms with Crippen molar-refractivity contribution in [3.63, 3.8) is 0 Å². The zero-order chi connectivity index (χ0) is 20.4. The van der Waals surface area contributed by atoms with Crippen molar-refractivity contribution in [3.8, 4) is 6.07 Å². The minimum Gasteiger partial charge on any atom is -0.360 e. The van der Waals surface area contributed by atoms with Crippen molar-refractivity contribution in [2.75, 3.05) is 42.9 Å². The summed E-state index contributed by atoms with van der Waals surface area (Å²) < 4.78 is 0. The molecule has 0 radical (unpaired) electrons. The number of amides is 1. The maximum atomic E-state index is 12.7. The van der Waals surface area contributed by atoms with Crippen molar-refractivity contribution in [1.82, 2.24) is 0 Å². The first-order valence-electron chi connectivity index (χ1n) is 10.6. The Morgan fingerprint density at radius 2 is 2.00 bits per heavy atom. The molecule has 0 saturated carbocycles. The molecular weight excluding hydrogens is 380 g/mol. The van der Waals surface area contributed by atoms with E-state index in [1.54, 1.807) is 11.3 Å². The van der Waals surface area contributed by atoms with E-state index in [9.17, 15) is 10.1 Å². The highest BCUT2D eigenvalue weighted by molar-refractivity contribution is 7.16. The van der Waals surface area contributed by atoms with Gasteiger partial charge in [-0.1, -0.05) is 12.1 Å². The average Bonchev–Trinajstić information content (AvgIpc) is 3.07. The monoisotopic (exact) mass is 409 g/mol. The van der Waals surface area contributed by atoms with Gasteiger partial charge in [0, 0.05) is 10.6 Å². The first-order valence-corrected chi connectivity index (χ1v) is 11.4. The summed E-state index contributed by atoms with van der Waals surface area (Å²) in [5.74, 6) is 0.0234. The van der Waals surface area contributed by atoms with Crippen LogP contribution in [-0.4, -0.2) is 38.6 Å². The van der Waals surface area contributed by atoms with E-state index in [0.717, 1.165) is 50.4 Å². The van der Waals surface area contributed by atoms with Crippen LogP contribution in [-0.2, 0) is 17.6 Å². The van der Waals surface area contributed by atoms with E-state index in [2.05, 4.69) is 48.3 Å². The van der Waals surface area contributed by atoms with Gasteiger partial charge in [0.1, 0.15) is 11.1 Å². The molecule has 2 aromatic rings. The Morgan fingerprint density at radius 1 is 1.24 bits per heavy atom. The van der Waals surface area contributed by atoms with Gasteiger partial charge in [-0.25, -0.2) is 0 Å². The fourth-order valence-corrected chi connectivity index (χ4v) is 5.73. The molecule has 4 rings (SSSR count). The molecule has 0 unspecified atom stereocenters. The van der Waals surface area contributed by atoms with Gasteiger partial charge in [-0.05, 0) is 62.3 Å². The molecule has 152 valence electrons. The quantitative estimate of drug-likeness (QED) is 0.816. The summed E-state index contributed by atoms with van der Waals surface area (Å²) in [6.45, 7) is 8.59. The van der Waals surface area contributed by atoms with Crippen molar-refractivity contribution in [1.29, 1.82) is 5.26 Å². The SMILES string of the molecule is Cc1ccc(C)c(N2CC[NH+](CC(=O)Nc3sc4c(c3C#N)CCCC4)CC2)c1. The number of benzene rings is 1. The number of fused-ring (bicyclic) bond motifs is 1. The summed E-state index contributed by atoms with van der Waals surface area (Å²) in [7, 11) is 0. The first-order chi connectivity index (χ1) is 14.0. The maximum absolute atomic E-state index is 12.7. The molecule has 1 amide bonds. The van der Waals surface area contributed by atoms with Crippen LogP contribution in [0.15, 0.2) is 18.2 Å². The summed E-state index contributed by atoms with van der Waals surface area (Å²) in [6, 6.07) is 8.93. The molecule has 1 saturated heterocycles. The standard InChI is InChI=1S/C23H28N4OS/c1-16-7-8-17(2)20(13-16)27-11-9-26(10-12-27)15-22(28)25-23-19(14-24)18-5-3-4-6-21(18)29-23/h7-8,13H,3-6,9-12,15H2,1-2H3,(H,25,28)/p+1. The summed E-state index contributed by atoms with van der Waals surface area (Å²) in [4.78, 5) is 17.7. The smallest absolute Gasteiger partial charge is 0.280 e. The van der Waals surface area contributed by atoms with E-state index in [4.69, 9.17) is 0 Å². The number of aryl methyl sites for hydroxylation is 3. The number of quaternary nitrogens is 1. The van der Waals surface area contributed by atoms with Crippen LogP contribution >= 0.6 is 11.3 Å². The Hall–Kier alpha value is -2.36. The zero-order valence-electron chi connectivity index (χ0n) is 17.3. The third-order valence-electron chi connectivity index (χ3n) is 6.12. The molecule has 5 nitrogen and oxygen atoms in total. The van der Waals surface area contributed by atoms with Crippen molar-refractivity contribution in [2.45, 2.75) is 39.5 Å². The number of hydrogen-bond donors (Lipinski definition) is 2. The number of nitriles is 1. The first kappa shape index (κ1) is 19.9. The number of hydrogen-bond acceptors (Lipinski definition) is 4. The van der Waals surface area contributed by atoms with E-state index >= 15 is 0 Å². The van der Waals surface area contributed by atoms with Gasteiger partial charge in [-0.3, -0.25) is 4.79 Å². The molecule has 0 bridgehead atoms. The van der Waals surface area contributed by atoms with Gasteiger partial charge >= 0.3 is 0 Å². The highest BCUT2D eigenvalue weighted by Crippen LogP contribution is 2.37. The van der Waals surface area contributed by atoms with Crippen LogP contribution in [0.2, 0.25) is 0 Å².